The van der Waals surface area contributed by atoms with E-state index in [4.69, 9.17) is 9.47 Å². The molecule has 1 unspecified atom stereocenters. The lowest BCUT2D eigenvalue weighted by molar-refractivity contribution is -0.0512. The molecule has 1 atom stereocenters. The van der Waals surface area contributed by atoms with Crippen LogP contribution in [-0.4, -0.2) is 33.0 Å². The number of hydrogen-bond donors (Lipinski definition) is 1. The summed E-state index contributed by atoms with van der Waals surface area (Å²) < 4.78 is 39.8. The van der Waals surface area contributed by atoms with Crippen LogP contribution in [0.2, 0.25) is 0 Å². The Morgan fingerprint density at radius 3 is 2.86 bits per heavy atom. The van der Waals surface area contributed by atoms with Gasteiger partial charge in [-0.25, -0.2) is 0 Å². The van der Waals surface area contributed by atoms with Crippen molar-refractivity contribution >= 4 is 0 Å². The van der Waals surface area contributed by atoms with E-state index in [0.717, 1.165) is 31.6 Å². The summed E-state index contributed by atoms with van der Waals surface area (Å²) in [4.78, 5) is 0. The van der Waals surface area contributed by atoms with Crippen LogP contribution < -0.4 is 14.8 Å². The number of benzene rings is 1. The van der Waals surface area contributed by atoms with E-state index in [2.05, 4.69) is 10.1 Å². The predicted molar refractivity (Wildman–Crippen MR) is 74.9 cm³/mol. The highest BCUT2D eigenvalue weighted by molar-refractivity contribution is 5.42. The summed E-state index contributed by atoms with van der Waals surface area (Å²) in [5.41, 5.74) is 0.863. The molecule has 1 aromatic carbocycles. The summed E-state index contributed by atoms with van der Waals surface area (Å²) in [6.45, 7) is -0.709. The van der Waals surface area contributed by atoms with E-state index in [1.165, 1.54) is 13.5 Å². The molecule has 0 aromatic heterocycles. The van der Waals surface area contributed by atoms with Gasteiger partial charge in [0, 0.05) is 19.7 Å². The molecule has 0 spiro atoms. The zero-order chi connectivity index (χ0) is 15.1. The minimum atomic E-state index is -2.86. The van der Waals surface area contributed by atoms with Gasteiger partial charge in [0.05, 0.1) is 13.2 Å². The molecule has 0 aliphatic carbocycles. The highest BCUT2D eigenvalue weighted by Crippen LogP contribution is 2.29. The normalized spacial score (nSPS) is 18.8. The summed E-state index contributed by atoms with van der Waals surface area (Å²) in [6.07, 6.45) is 3.63. The van der Waals surface area contributed by atoms with Crippen molar-refractivity contribution in [1.82, 2.24) is 5.32 Å². The van der Waals surface area contributed by atoms with Crippen LogP contribution in [0.1, 0.15) is 24.8 Å². The van der Waals surface area contributed by atoms with Gasteiger partial charge in [0.15, 0.2) is 11.5 Å². The fourth-order valence-corrected chi connectivity index (χ4v) is 2.37. The van der Waals surface area contributed by atoms with Gasteiger partial charge >= 0.3 is 6.61 Å². The maximum Gasteiger partial charge on any atom is 0.387 e. The topological polar surface area (TPSA) is 39.7 Å². The highest BCUT2D eigenvalue weighted by Gasteiger charge is 2.14. The molecule has 1 heterocycles. The number of methoxy groups -OCH3 is 1. The van der Waals surface area contributed by atoms with E-state index >= 15 is 0 Å². The lowest BCUT2D eigenvalue weighted by Gasteiger charge is -2.22. The molecule has 0 bridgehead atoms. The maximum atomic E-state index is 12.4. The molecule has 4 nitrogen and oxygen atoms in total. The van der Waals surface area contributed by atoms with Crippen LogP contribution in [0.3, 0.4) is 0 Å². The van der Waals surface area contributed by atoms with E-state index in [0.29, 0.717) is 12.3 Å². The average molecular weight is 301 g/mol. The van der Waals surface area contributed by atoms with E-state index in [9.17, 15) is 8.78 Å². The van der Waals surface area contributed by atoms with Crippen molar-refractivity contribution in [1.29, 1.82) is 0 Å². The average Bonchev–Trinajstić information content (AvgIpc) is 2.48. The molecule has 1 saturated heterocycles. The molecule has 0 amide bonds. The van der Waals surface area contributed by atoms with Gasteiger partial charge in [-0.3, -0.25) is 0 Å². The molecule has 1 aliphatic heterocycles. The molecule has 6 heteroatoms. The van der Waals surface area contributed by atoms with E-state index < -0.39 is 6.61 Å². The van der Waals surface area contributed by atoms with Crippen LogP contribution in [0, 0.1) is 0 Å². The number of rotatable bonds is 7. The largest absolute Gasteiger partial charge is 0.493 e. The van der Waals surface area contributed by atoms with Crippen LogP contribution in [-0.2, 0) is 11.3 Å². The van der Waals surface area contributed by atoms with Crippen LogP contribution in [0.4, 0.5) is 8.78 Å². The van der Waals surface area contributed by atoms with Gasteiger partial charge in [0.2, 0.25) is 0 Å². The minimum absolute atomic E-state index is 0.0562. The summed E-state index contributed by atoms with van der Waals surface area (Å²) in [7, 11) is 1.42. The molecule has 1 N–H and O–H groups in total. The lowest BCUT2D eigenvalue weighted by atomic mass is 10.1. The lowest BCUT2D eigenvalue weighted by Crippen LogP contribution is -2.31. The van der Waals surface area contributed by atoms with Crippen molar-refractivity contribution in [3.63, 3.8) is 0 Å². The van der Waals surface area contributed by atoms with Gasteiger partial charge in [-0.15, -0.1) is 0 Å². The minimum Gasteiger partial charge on any atom is -0.493 e. The molecule has 118 valence electrons. The van der Waals surface area contributed by atoms with Gasteiger partial charge in [0.25, 0.3) is 0 Å². The highest BCUT2D eigenvalue weighted by atomic mass is 19.3. The molecule has 0 radical (unpaired) electrons. The molecule has 2 rings (SSSR count). The van der Waals surface area contributed by atoms with Gasteiger partial charge in [0.1, 0.15) is 0 Å². The molecular weight excluding hydrogens is 280 g/mol. The molecule has 0 saturated carbocycles. The second kappa shape index (κ2) is 8.14. The smallest absolute Gasteiger partial charge is 0.387 e. The van der Waals surface area contributed by atoms with Gasteiger partial charge < -0.3 is 19.5 Å². The van der Waals surface area contributed by atoms with Crippen molar-refractivity contribution in [3.8, 4) is 11.5 Å². The van der Waals surface area contributed by atoms with E-state index in [1.54, 1.807) is 12.1 Å². The molecule has 21 heavy (non-hydrogen) atoms. The van der Waals surface area contributed by atoms with Crippen molar-refractivity contribution in [2.24, 2.45) is 0 Å². The van der Waals surface area contributed by atoms with Crippen LogP contribution in [0.5, 0.6) is 11.5 Å². The number of nitrogens with one attached hydrogen (secondary N) is 1. The first-order valence-electron chi connectivity index (χ1n) is 7.13. The summed E-state index contributed by atoms with van der Waals surface area (Å²) in [6, 6.07) is 5.03. The van der Waals surface area contributed by atoms with Gasteiger partial charge in [-0.2, -0.15) is 8.78 Å². The monoisotopic (exact) mass is 301 g/mol. The summed E-state index contributed by atoms with van der Waals surface area (Å²) >= 11 is 0. The fraction of sp³-hybridized carbons (Fsp3) is 0.600. The Morgan fingerprint density at radius 2 is 2.19 bits per heavy atom. The first-order valence-corrected chi connectivity index (χ1v) is 7.13. The van der Waals surface area contributed by atoms with Crippen LogP contribution in [0.15, 0.2) is 18.2 Å². The maximum absolute atomic E-state index is 12.4. The van der Waals surface area contributed by atoms with Crippen molar-refractivity contribution < 1.29 is 23.0 Å². The van der Waals surface area contributed by atoms with Crippen molar-refractivity contribution in [3.05, 3.63) is 23.8 Å². The molecule has 1 aliphatic rings. The van der Waals surface area contributed by atoms with Crippen LogP contribution in [0.25, 0.3) is 0 Å². The molecular formula is C15H21F2NO3. The van der Waals surface area contributed by atoms with E-state index in [1.807, 2.05) is 6.07 Å². The zero-order valence-electron chi connectivity index (χ0n) is 12.1. The number of hydrogen-bond acceptors (Lipinski definition) is 4. The third kappa shape index (κ3) is 5.13. The molecule has 1 fully saturated rings. The standard InChI is InChI=1S/C15H21F2NO3/c1-19-13-6-5-11(8-14(13)21-15(16)17)9-18-10-12-4-2-3-7-20-12/h5-6,8,12,15,18H,2-4,7,9-10H2,1H3. The van der Waals surface area contributed by atoms with Crippen molar-refractivity contribution in [2.45, 2.75) is 38.5 Å². The Kier molecular flexibility index (Phi) is 6.20. The zero-order valence-corrected chi connectivity index (χ0v) is 12.1. The first-order chi connectivity index (χ1) is 10.2. The second-order valence-corrected chi connectivity index (χ2v) is 4.98. The Balaban J connectivity index is 1.87. The quantitative estimate of drug-likeness (QED) is 0.840. The fourth-order valence-electron chi connectivity index (χ4n) is 2.37. The molecule has 1 aromatic rings. The third-order valence-electron chi connectivity index (χ3n) is 3.42. The van der Waals surface area contributed by atoms with Crippen LogP contribution >= 0.6 is 0 Å². The number of alkyl halides is 2. The Morgan fingerprint density at radius 1 is 1.33 bits per heavy atom. The Hall–Kier alpha value is -1.40. The Bertz CT molecular complexity index is 437. The predicted octanol–water partition coefficient (Wildman–Crippen LogP) is 2.96. The third-order valence-corrected chi connectivity index (χ3v) is 3.42. The first kappa shape index (κ1) is 16.0. The second-order valence-electron chi connectivity index (χ2n) is 4.98. The SMILES string of the molecule is COc1ccc(CNCC2CCCCO2)cc1OC(F)F. The van der Waals surface area contributed by atoms with Gasteiger partial charge in [-0.05, 0) is 37.0 Å². The number of halogens is 2. The summed E-state index contributed by atoms with van der Waals surface area (Å²) in [5.74, 6) is 0.357. The number of ether oxygens (including phenoxy) is 3. The van der Waals surface area contributed by atoms with E-state index in [-0.39, 0.29) is 11.9 Å². The Labute approximate surface area is 123 Å². The van der Waals surface area contributed by atoms with Crippen molar-refractivity contribution in [2.75, 3.05) is 20.3 Å². The van der Waals surface area contributed by atoms with Gasteiger partial charge in [-0.1, -0.05) is 6.07 Å². The summed E-state index contributed by atoms with van der Waals surface area (Å²) in [5, 5.41) is 3.28.